The van der Waals surface area contributed by atoms with Gasteiger partial charge in [0.1, 0.15) is 5.01 Å². The molecule has 0 radical (unpaired) electrons. The summed E-state index contributed by atoms with van der Waals surface area (Å²) in [7, 11) is 0. The van der Waals surface area contributed by atoms with Crippen LogP contribution in [0.3, 0.4) is 0 Å². The van der Waals surface area contributed by atoms with Gasteiger partial charge in [0.2, 0.25) is 5.95 Å². The van der Waals surface area contributed by atoms with E-state index in [1.165, 1.54) is 11.3 Å². The molecule has 19 heavy (non-hydrogen) atoms. The van der Waals surface area contributed by atoms with Crippen LogP contribution in [0.2, 0.25) is 0 Å². The fourth-order valence-corrected chi connectivity index (χ4v) is 2.30. The van der Waals surface area contributed by atoms with E-state index in [1.807, 2.05) is 26.2 Å². The normalized spacial score (nSPS) is 11.4. The lowest BCUT2D eigenvalue weighted by molar-refractivity contribution is 0.571. The van der Waals surface area contributed by atoms with Gasteiger partial charge in [-0.2, -0.15) is 4.98 Å². The Morgan fingerprint density at radius 2 is 2.16 bits per heavy atom. The number of rotatable bonds is 5. The summed E-state index contributed by atoms with van der Waals surface area (Å²) in [5.41, 5.74) is -0.493. The molecule has 0 fully saturated rings. The Morgan fingerprint density at radius 1 is 1.37 bits per heavy atom. The third-order valence-electron chi connectivity index (χ3n) is 2.48. The molecule has 2 N–H and O–H groups in total. The second kappa shape index (κ2) is 5.48. The second-order valence-corrected chi connectivity index (χ2v) is 5.40. The zero-order chi connectivity index (χ0) is 13.9. The van der Waals surface area contributed by atoms with Crippen molar-refractivity contribution in [3.63, 3.8) is 0 Å². The van der Waals surface area contributed by atoms with Gasteiger partial charge < -0.3 is 10.6 Å². The smallest absolute Gasteiger partial charge is 0.224 e. The topological polar surface area (TPSA) is 62.7 Å². The van der Waals surface area contributed by atoms with Crippen LogP contribution in [0.1, 0.15) is 25.8 Å². The molecule has 0 amide bonds. The van der Waals surface area contributed by atoms with E-state index in [9.17, 15) is 4.39 Å². The van der Waals surface area contributed by atoms with E-state index in [0.717, 1.165) is 11.2 Å². The molecular weight excluding hydrogens is 265 g/mol. The Hall–Kier alpha value is -1.76. The average Bonchev–Trinajstić information content (AvgIpc) is 2.88. The van der Waals surface area contributed by atoms with Gasteiger partial charge >= 0.3 is 0 Å². The fourth-order valence-electron chi connectivity index (χ4n) is 1.58. The van der Waals surface area contributed by atoms with Crippen LogP contribution in [0.25, 0.3) is 0 Å². The minimum Gasteiger partial charge on any atom is -0.356 e. The monoisotopic (exact) mass is 281 g/mol. The van der Waals surface area contributed by atoms with E-state index in [4.69, 9.17) is 0 Å². The van der Waals surface area contributed by atoms with Crippen LogP contribution in [0.15, 0.2) is 17.8 Å². The average molecular weight is 281 g/mol. The van der Waals surface area contributed by atoms with Crippen LogP contribution >= 0.6 is 11.3 Å². The Bertz CT molecular complexity index is 541. The number of halogens is 1. The van der Waals surface area contributed by atoms with Gasteiger partial charge in [-0.25, -0.2) is 14.4 Å². The van der Waals surface area contributed by atoms with Crippen molar-refractivity contribution < 1.29 is 4.39 Å². The predicted molar refractivity (Wildman–Crippen MR) is 74.9 cm³/mol. The minimum atomic E-state index is -0.493. The first-order valence-electron chi connectivity index (χ1n) is 5.97. The van der Waals surface area contributed by atoms with E-state index < -0.39 is 11.4 Å². The van der Waals surface area contributed by atoms with Crippen molar-refractivity contribution >= 4 is 23.1 Å². The quantitative estimate of drug-likeness (QED) is 0.882. The number of nitrogens with one attached hydrogen (secondary N) is 2. The van der Waals surface area contributed by atoms with E-state index in [1.54, 1.807) is 6.20 Å². The zero-order valence-corrected chi connectivity index (χ0v) is 11.9. The largest absolute Gasteiger partial charge is 0.356 e. The second-order valence-electron chi connectivity index (χ2n) is 4.51. The number of nitrogens with zero attached hydrogens (tertiary/aromatic N) is 3. The van der Waals surface area contributed by atoms with Gasteiger partial charge in [-0.05, 0) is 20.8 Å². The summed E-state index contributed by atoms with van der Waals surface area (Å²) < 4.78 is 13.7. The predicted octanol–water partition coefficient (Wildman–Crippen LogP) is 2.85. The Labute approximate surface area is 115 Å². The SMILES string of the molecule is CCNc1ncc(F)c(NC(C)(C)c2nccs2)n1. The van der Waals surface area contributed by atoms with Crippen molar-refractivity contribution in [1.29, 1.82) is 0 Å². The first-order valence-corrected chi connectivity index (χ1v) is 6.85. The lowest BCUT2D eigenvalue weighted by Crippen LogP contribution is -2.29. The molecule has 0 atom stereocenters. The molecule has 0 aliphatic carbocycles. The molecule has 2 heterocycles. The minimum absolute atomic E-state index is 0.172. The number of hydrogen-bond donors (Lipinski definition) is 2. The molecule has 7 heteroatoms. The van der Waals surface area contributed by atoms with Crippen LogP contribution in [-0.2, 0) is 5.54 Å². The molecule has 5 nitrogen and oxygen atoms in total. The molecule has 0 saturated heterocycles. The van der Waals surface area contributed by atoms with E-state index in [2.05, 4.69) is 25.6 Å². The summed E-state index contributed by atoms with van der Waals surface area (Å²) in [6.07, 6.45) is 2.88. The van der Waals surface area contributed by atoms with Gasteiger partial charge in [-0.1, -0.05) is 0 Å². The zero-order valence-electron chi connectivity index (χ0n) is 11.1. The van der Waals surface area contributed by atoms with Crippen LogP contribution in [-0.4, -0.2) is 21.5 Å². The molecule has 102 valence electrons. The number of thiazole rings is 1. The van der Waals surface area contributed by atoms with Gasteiger partial charge in [0.05, 0.1) is 11.7 Å². The molecule has 2 aromatic rings. The molecule has 0 bridgehead atoms. The van der Waals surface area contributed by atoms with Crippen molar-refractivity contribution in [1.82, 2.24) is 15.0 Å². The third-order valence-corrected chi connectivity index (χ3v) is 3.57. The fraction of sp³-hybridized carbons (Fsp3) is 0.417. The number of aromatic nitrogens is 3. The van der Waals surface area contributed by atoms with Gasteiger partial charge in [0.15, 0.2) is 11.6 Å². The number of anilines is 2. The summed E-state index contributed by atoms with van der Waals surface area (Å²) in [5.74, 6) is 0.0961. The van der Waals surface area contributed by atoms with Crippen molar-refractivity contribution in [3.8, 4) is 0 Å². The van der Waals surface area contributed by atoms with E-state index >= 15 is 0 Å². The van der Waals surface area contributed by atoms with Gasteiger partial charge in [-0.3, -0.25) is 0 Å². The standard InChI is InChI=1S/C12H16FN5S/c1-4-14-11-16-7-8(13)9(17-11)18-12(2,3)10-15-5-6-19-10/h5-7H,4H2,1-3H3,(H2,14,16,17,18). The van der Waals surface area contributed by atoms with E-state index in [0.29, 0.717) is 12.5 Å². The highest BCUT2D eigenvalue weighted by molar-refractivity contribution is 7.09. The molecule has 0 spiro atoms. The molecule has 0 unspecified atom stereocenters. The first kappa shape index (κ1) is 13.7. The van der Waals surface area contributed by atoms with Crippen LogP contribution in [0, 0.1) is 5.82 Å². The van der Waals surface area contributed by atoms with Gasteiger partial charge in [0, 0.05) is 18.1 Å². The summed E-state index contributed by atoms with van der Waals surface area (Å²) in [6.45, 7) is 6.47. The van der Waals surface area contributed by atoms with Crippen molar-refractivity contribution in [2.45, 2.75) is 26.3 Å². The van der Waals surface area contributed by atoms with Gasteiger partial charge in [0.25, 0.3) is 0 Å². The Morgan fingerprint density at radius 3 is 2.79 bits per heavy atom. The molecule has 0 aliphatic rings. The highest BCUT2D eigenvalue weighted by atomic mass is 32.1. The van der Waals surface area contributed by atoms with Crippen molar-refractivity contribution in [2.24, 2.45) is 0 Å². The molecule has 2 aromatic heterocycles. The van der Waals surface area contributed by atoms with Crippen molar-refractivity contribution in [3.05, 3.63) is 28.6 Å². The van der Waals surface area contributed by atoms with E-state index in [-0.39, 0.29) is 5.82 Å². The molecule has 0 saturated carbocycles. The maximum Gasteiger partial charge on any atom is 0.224 e. The molecular formula is C12H16FN5S. The highest BCUT2D eigenvalue weighted by Gasteiger charge is 2.25. The summed E-state index contributed by atoms with van der Waals surface area (Å²) in [6, 6.07) is 0. The molecule has 2 rings (SSSR count). The first-order chi connectivity index (χ1) is 9.03. The summed E-state index contributed by atoms with van der Waals surface area (Å²) >= 11 is 1.51. The van der Waals surface area contributed by atoms with Crippen LogP contribution < -0.4 is 10.6 Å². The van der Waals surface area contributed by atoms with Crippen molar-refractivity contribution in [2.75, 3.05) is 17.2 Å². The maximum atomic E-state index is 13.7. The lowest BCUT2D eigenvalue weighted by atomic mass is 10.1. The van der Waals surface area contributed by atoms with Gasteiger partial charge in [-0.15, -0.1) is 11.3 Å². The molecule has 0 aliphatic heterocycles. The summed E-state index contributed by atoms with van der Waals surface area (Å²) in [5, 5.41) is 8.78. The highest BCUT2D eigenvalue weighted by Crippen LogP contribution is 2.27. The molecule has 0 aromatic carbocycles. The number of hydrogen-bond acceptors (Lipinski definition) is 6. The Balaban J connectivity index is 2.25. The summed E-state index contributed by atoms with van der Waals surface area (Å²) in [4.78, 5) is 12.2. The Kier molecular flexibility index (Phi) is 3.94. The third kappa shape index (κ3) is 3.17. The van der Waals surface area contributed by atoms with Crippen LogP contribution in [0.5, 0.6) is 0 Å². The maximum absolute atomic E-state index is 13.7. The van der Waals surface area contributed by atoms with Crippen LogP contribution in [0.4, 0.5) is 16.2 Å². The lowest BCUT2D eigenvalue weighted by Gasteiger charge is -2.24.